The van der Waals surface area contributed by atoms with Gasteiger partial charge in [-0.2, -0.15) is 0 Å². The van der Waals surface area contributed by atoms with Crippen LogP contribution in [0.25, 0.3) is 0 Å². The summed E-state index contributed by atoms with van der Waals surface area (Å²) in [6.07, 6.45) is 5.36. The summed E-state index contributed by atoms with van der Waals surface area (Å²) in [4.78, 5) is 0. The van der Waals surface area contributed by atoms with Crippen molar-refractivity contribution in [2.24, 2.45) is 0 Å². The quantitative estimate of drug-likeness (QED) is 0.778. The first-order valence-electron chi connectivity index (χ1n) is 6.95. The average molecular weight is 243 g/mol. The molecule has 0 saturated carbocycles. The molecule has 0 aromatic heterocycles. The predicted octanol–water partition coefficient (Wildman–Crippen LogP) is 2.74. The van der Waals surface area contributed by atoms with Gasteiger partial charge in [0.25, 0.3) is 0 Å². The van der Waals surface area contributed by atoms with Crippen molar-refractivity contribution < 1.29 is 9.47 Å². The third kappa shape index (κ3) is 7.74. The van der Waals surface area contributed by atoms with Crippen molar-refractivity contribution in [3.05, 3.63) is 0 Å². The van der Waals surface area contributed by atoms with Crippen molar-refractivity contribution in [2.45, 2.75) is 71.1 Å². The summed E-state index contributed by atoms with van der Waals surface area (Å²) in [6, 6.07) is 0. The molecule has 1 fully saturated rings. The van der Waals surface area contributed by atoms with Gasteiger partial charge < -0.3 is 14.8 Å². The predicted molar refractivity (Wildman–Crippen MR) is 71.4 cm³/mol. The van der Waals surface area contributed by atoms with E-state index in [9.17, 15) is 0 Å². The van der Waals surface area contributed by atoms with Crippen molar-refractivity contribution in [3.8, 4) is 0 Å². The molecule has 0 aromatic rings. The molecule has 17 heavy (non-hydrogen) atoms. The first-order valence-corrected chi connectivity index (χ1v) is 6.95. The van der Waals surface area contributed by atoms with E-state index in [0.717, 1.165) is 32.6 Å². The van der Waals surface area contributed by atoms with Crippen LogP contribution in [0.3, 0.4) is 0 Å². The molecular formula is C14H29NO2. The fourth-order valence-corrected chi connectivity index (χ4v) is 1.94. The zero-order valence-corrected chi connectivity index (χ0v) is 11.9. The Kier molecular flexibility index (Phi) is 6.45. The van der Waals surface area contributed by atoms with E-state index >= 15 is 0 Å². The molecule has 3 heteroatoms. The van der Waals surface area contributed by atoms with Gasteiger partial charge in [-0.1, -0.05) is 0 Å². The molecule has 1 aliphatic rings. The van der Waals surface area contributed by atoms with Crippen LogP contribution in [0.2, 0.25) is 0 Å². The van der Waals surface area contributed by atoms with Crippen molar-refractivity contribution in [3.63, 3.8) is 0 Å². The highest BCUT2D eigenvalue weighted by molar-refractivity contribution is 4.71. The zero-order chi connectivity index (χ0) is 12.7. The Bertz CT molecular complexity index is 195. The minimum Gasteiger partial charge on any atom is -0.376 e. The Morgan fingerprint density at radius 3 is 2.71 bits per heavy atom. The molecule has 2 atom stereocenters. The lowest BCUT2D eigenvalue weighted by Gasteiger charge is -2.25. The molecule has 1 rings (SSSR count). The van der Waals surface area contributed by atoms with Crippen LogP contribution in [0.1, 0.15) is 53.4 Å². The van der Waals surface area contributed by atoms with Crippen LogP contribution in [0.4, 0.5) is 0 Å². The average Bonchev–Trinajstić information content (AvgIpc) is 2.26. The largest absolute Gasteiger partial charge is 0.376 e. The summed E-state index contributed by atoms with van der Waals surface area (Å²) in [7, 11) is 0. The molecule has 0 amide bonds. The molecule has 0 spiro atoms. The Morgan fingerprint density at radius 1 is 1.35 bits per heavy atom. The third-order valence-electron chi connectivity index (χ3n) is 3.05. The van der Waals surface area contributed by atoms with Gasteiger partial charge >= 0.3 is 0 Å². The first kappa shape index (κ1) is 14.9. The van der Waals surface area contributed by atoms with Gasteiger partial charge in [0.05, 0.1) is 18.8 Å². The molecule has 2 unspecified atom stereocenters. The summed E-state index contributed by atoms with van der Waals surface area (Å²) in [5, 5.41) is 3.48. The van der Waals surface area contributed by atoms with Gasteiger partial charge in [-0.3, -0.25) is 0 Å². The topological polar surface area (TPSA) is 30.5 Å². The normalized spacial score (nSPS) is 23.6. The van der Waals surface area contributed by atoms with Crippen LogP contribution in [0.5, 0.6) is 0 Å². The monoisotopic (exact) mass is 243 g/mol. The summed E-state index contributed by atoms with van der Waals surface area (Å²) < 4.78 is 11.5. The maximum absolute atomic E-state index is 5.83. The van der Waals surface area contributed by atoms with Crippen LogP contribution >= 0.6 is 0 Å². The van der Waals surface area contributed by atoms with Gasteiger partial charge in [-0.15, -0.1) is 0 Å². The fourth-order valence-electron chi connectivity index (χ4n) is 1.94. The van der Waals surface area contributed by atoms with E-state index in [1.807, 2.05) is 0 Å². The SMILES string of the molecule is CC(CCNC(C)(C)C)OCC1CCCCO1. The second-order valence-electron chi connectivity index (χ2n) is 6.10. The van der Waals surface area contributed by atoms with E-state index in [2.05, 4.69) is 33.0 Å². The minimum absolute atomic E-state index is 0.201. The van der Waals surface area contributed by atoms with E-state index in [0.29, 0.717) is 12.2 Å². The lowest BCUT2D eigenvalue weighted by molar-refractivity contribution is -0.0603. The third-order valence-corrected chi connectivity index (χ3v) is 3.05. The summed E-state index contributed by atoms with van der Waals surface area (Å²) in [6.45, 7) is 11.4. The summed E-state index contributed by atoms with van der Waals surface area (Å²) in [5.41, 5.74) is 0.201. The molecule has 1 saturated heterocycles. The van der Waals surface area contributed by atoms with Gasteiger partial charge in [0.15, 0.2) is 0 Å². The first-order chi connectivity index (χ1) is 7.97. The fraction of sp³-hybridized carbons (Fsp3) is 1.00. The van der Waals surface area contributed by atoms with E-state index in [4.69, 9.17) is 9.47 Å². The molecular weight excluding hydrogens is 214 g/mol. The molecule has 102 valence electrons. The number of nitrogens with one attached hydrogen (secondary N) is 1. The lowest BCUT2D eigenvalue weighted by Crippen LogP contribution is -2.37. The molecule has 0 bridgehead atoms. The van der Waals surface area contributed by atoms with Crippen LogP contribution in [-0.4, -0.2) is 37.5 Å². The standard InChI is InChI=1S/C14H29NO2/c1-12(8-9-15-14(2,3)4)17-11-13-7-5-6-10-16-13/h12-13,15H,5-11H2,1-4H3. The Morgan fingerprint density at radius 2 is 2.12 bits per heavy atom. The van der Waals surface area contributed by atoms with Gasteiger partial charge in [0.2, 0.25) is 0 Å². The zero-order valence-electron chi connectivity index (χ0n) is 11.9. The van der Waals surface area contributed by atoms with Gasteiger partial charge in [-0.05, 0) is 59.9 Å². The maximum atomic E-state index is 5.83. The Labute approximate surface area is 106 Å². The van der Waals surface area contributed by atoms with Crippen LogP contribution in [0.15, 0.2) is 0 Å². The van der Waals surface area contributed by atoms with Crippen molar-refractivity contribution in [2.75, 3.05) is 19.8 Å². The molecule has 1 aliphatic heterocycles. The van der Waals surface area contributed by atoms with E-state index in [-0.39, 0.29) is 5.54 Å². The second-order valence-corrected chi connectivity index (χ2v) is 6.10. The van der Waals surface area contributed by atoms with E-state index in [1.54, 1.807) is 0 Å². The molecule has 1 heterocycles. The second kappa shape index (κ2) is 7.34. The smallest absolute Gasteiger partial charge is 0.0808 e. The van der Waals surface area contributed by atoms with Gasteiger partial charge in [0.1, 0.15) is 0 Å². The molecule has 3 nitrogen and oxygen atoms in total. The molecule has 0 aliphatic carbocycles. The highest BCUT2D eigenvalue weighted by Gasteiger charge is 2.15. The number of ether oxygens (including phenoxy) is 2. The molecule has 0 aromatic carbocycles. The van der Waals surface area contributed by atoms with Crippen molar-refractivity contribution in [1.29, 1.82) is 0 Å². The molecule has 1 N–H and O–H groups in total. The highest BCUT2D eigenvalue weighted by atomic mass is 16.5. The van der Waals surface area contributed by atoms with Crippen LogP contribution in [-0.2, 0) is 9.47 Å². The lowest BCUT2D eigenvalue weighted by atomic mass is 10.1. The number of hydrogen-bond donors (Lipinski definition) is 1. The van der Waals surface area contributed by atoms with Crippen molar-refractivity contribution in [1.82, 2.24) is 5.32 Å². The Hall–Kier alpha value is -0.120. The maximum Gasteiger partial charge on any atom is 0.0808 e. The summed E-state index contributed by atoms with van der Waals surface area (Å²) >= 11 is 0. The number of rotatable bonds is 6. The van der Waals surface area contributed by atoms with Gasteiger partial charge in [0, 0.05) is 12.1 Å². The van der Waals surface area contributed by atoms with Crippen LogP contribution < -0.4 is 5.32 Å². The Balaban J connectivity index is 2.02. The van der Waals surface area contributed by atoms with E-state index in [1.165, 1.54) is 12.8 Å². The summed E-state index contributed by atoms with van der Waals surface area (Å²) in [5.74, 6) is 0. The van der Waals surface area contributed by atoms with Gasteiger partial charge in [-0.25, -0.2) is 0 Å². The van der Waals surface area contributed by atoms with Crippen LogP contribution in [0, 0.1) is 0 Å². The minimum atomic E-state index is 0.201. The highest BCUT2D eigenvalue weighted by Crippen LogP contribution is 2.13. The number of hydrogen-bond acceptors (Lipinski definition) is 3. The van der Waals surface area contributed by atoms with E-state index < -0.39 is 0 Å². The molecule has 0 radical (unpaired) electrons. The van der Waals surface area contributed by atoms with Crippen molar-refractivity contribution >= 4 is 0 Å².